The van der Waals surface area contributed by atoms with Gasteiger partial charge in [-0.1, -0.05) is 62.9 Å². The van der Waals surface area contributed by atoms with Crippen LogP contribution in [0, 0.1) is 0 Å². The summed E-state index contributed by atoms with van der Waals surface area (Å²) in [5.41, 5.74) is 0.329. The van der Waals surface area contributed by atoms with Crippen molar-refractivity contribution in [3.8, 4) is 0 Å². The zero-order chi connectivity index (χ0) is 25.1. The van der Waals surface area contributed by atoms with Gasteiger partial charge in [0.25, 0.3) is 0 Å². The highest BCUT2D eigenvalue weighted by Gasteiger charge is 2.51. The van der Waals surface area contributed by atoms with Crippen molar-refractivity contribution in [1.29, 1.82) is 0 Å². The first-order valence-electron chi connectivity index (χ1n) is 12.5. The van der Waals surface area contributed by atoms with E-state index in [1.165, 1.54) is 17.0 Å². The molecule has 2 aromatic carbocycles. The summed E-state index contributed by atoms with van der Waals surface area (Å²) in [7, 11) is -3.95. The van der Waals surface area contributed by atoms with Crippen LogP contribution < -0.4 is 10.2 Å². The Morgan fingerprint density at radius 1 is 1.00 bits per heavy atom. The fraction of sp³-hybridized carbons (Fsp3) is 0.481. The second-order valence-corrected chi connectivity index (χ2v) is 11.7. The fourth-order valence-corrected chi connectivity index (χ4v) is 6.63. The number of hydrogen-bond acceptors (Lipinski definition) is 4. The van der Waals surface area contributed by atoms with Crippen LogP contribution in [0.25, 0.3) is 0 Å². The third-order valence-electron chi connectivity index (χ3n) is 7.20. The fourth-order valence-electron chi connectivity index (χ4n) is 5.13. The van der Waals surface area contributed by atoms with E-state index < -0.39 is 21.5 Å². The molecule has 188 valence electrons. The molecule has 35 heavy (non-hydrogen) atoms. The predicted molar refractivity (Wildman–Crippen MR) is 137 cm³/mol. The number of anilines is 1. The van der Waals surface area contributed by atoms with Gasteiger partial charge in [-0.05, 0) is 56.0 Å². The van der Waals surface area contributed by atoms with Crippen LogP contribution in [0.3, 0.4) is 0 Å². The van der Waals surface area contributed by atoms with E-state index in [4.69, 9.17) is 0 Å². The van der Waals surface area contributed by atoms with E-state index >= 15 is 0 Å². The van der Waals surface area contributed by atoms with E-state index in [-0.39, 0.29) is 29.9 Å². The second-order valence-electron chi connectivity index (χ2n) is 9.77. The summed E-state index contributed by atoms with van der Waals surface area (Å²) in [6, 6.07) is 15.7. The Morgan fingerprint density at radius 3 is 2.23 bits per heavy atom. The number of benzene rings is 2. The Morgan fingerprint density at radius 2 is 1.63 bits per heavy atom. The van der Waals surface area contributed by atoms with Crippen molar-refractivity contribution >= 4 is 27.5 Å². The largest absolute Gasteiger partial charge is 0.351 e. The number of carbonyl (C=O) groups is 2. The normalized spacial score (nSPS) is 22.6. The first-order valence-corrected chi connectivity index (χ1v) is 14.0. The third-order valence-corrected chi connectivity index (χ3v) is 9.01. The van der Waals surface area contributed by atoms with Gasteiger partial charge >= 0.3 is 0 Å². The Kier molecular flexibility index (Phi) is 7.62. The van der Waals surface area contributed by atoms with Crippen molar-refractivity contribution in [2.75, 3.05) is 18.0 Å². The van der Waals surface area contributed by atoms with Gasteiger partial charge in [0, 0.05) is 18.3 Å². The SMILES string of the molecule is CCc1ccc(N2C(=O)CN(S(=O)(=O)c3ccccc3)C[C@]2(C)C(=O)NC2CCCCCC2)cc1. The average Bonchev–Trinajstić information content (AvgIpc) is 3.13. The van der Waals surface area contributed by atoms with Crippen molar-refractivity contribution in [2.24, 2.45) is 0 Å². The van der Waals surface area contributed by atoms with Gasteiger partial charge in [-0.2, -0.15) is 4.31 Å². The van der Waals surface area contributed by atoms with E-state index in [1.807, 2.05) is 24.3 Å². The Bertz CT molecular complexity index is 1140. The molecule has 4 rings (SSSR count). The second kappa shape index (κ2) is 10.5. The van der Waals surface area contributed by atoms with E-state index in [0.29, 0.717) is 5.69 Å². The maximum absolute atomic E-state index is 13.8. The van der Waals surface area contributed by atoms with Gasteiger partial charge < -0.3 is 5.32 Å². The predicted octanol–water partition coefficient (Wildman–Crippen LogP) is 3.88. The standard InChI is InChI=1S/C27H35N3O4S/c1-3-21-15-17-23(18-16-21)30-25(31)19-29(35(33,34)24-13-9-6-10-14-24)20-27(30,2)26(32)28-22-11-7-4-5-8-12-22/h6,9-10,13-18,22H,3-5,7-8,11-12,19-20H2,1-2H3,(H,28,32)/t27-/m1/s1. The van der Waals surface area contributed by atoms with Crippen LogP contribution >= 0.6 is 0 Å². The summed E-state index contributed by atoms with van der Waals surface area (Å²) in [6.45, 7) is 3.29. The van der Waals surface area contributed by atoms with Crippen molar-refractivity contribution in [1.82, 2.24) is 9.62 Å². The number of amides is 2. The lowest BCUT2D eigenvalue weighted by molar-refractivity contribution is -0.133. The summed E-state index contributed by atoms with van der Waals surface area (Å²) in [5, 5.41) is 3.17. The molecule has 1 aliphatic heterocycles. The highest BCUT2D eigenvalue weighted by molar-refractivity contribution is 7.89. The number of nitrogens with one attached hydrogen (secondary N) is 1. The van der Waals surface area contributed by atoms with Crippen LogP contribution in [-0.4, -0.2) is 49.2 Å². The van der Waals surface area contributed by atoms with Crippen molar-refractivity contribution in [3.63, 3.8) is 0 Å². The lowest BCUT2D eigenvalue weighted by atomic mass is 9.93. The first-order chi connectivity index (χ1) is 16.8. The van der Waals surface area contributed by atoms with Gasteiger partial charge in [-0.25, -0.2) is 8.42 Å². The molecule has 1 saturated heterocycles. The Hall–Kier alpha value is -2.71. The maximum atomic E-state index is 13.8. The number of carbonyl (C=O) groups excluding carboxylic acids is 2. The molecule has 1 atom stereocenters. The molecule has 2 amide bonds. The summed E-state index contributed by atoms with van der Waals surface area (Å²) < 4.78 is 28.0. The lowest BCUT2D eigenvalue weighted by Crippen LogP contribution is -2.70. The molecule has 2 fully saturated rings. The molecule has 0 unspecified atom stereocenters. The van der Waals surface area contributed by atoms with E-state index in [1.54, 1.807) is 25.1 Å². The minimum Gasteiger partial charge on any atom is -0.351 e. The summed E-state index contributed by atoms with van der Waals surface area (Å²) in [6.07, 6.45) is 7.06. The van der Waals surface area contributed by atoms with Gasteiger partial charge in [-0.3, -0.25) is 14.5 Å². The number of aryl methyl sites for hydroxylation is 1. The van der Waals surface area contributed by atoms with Crippen LogP contribution in [-0.2, 0) is 26.0 Å². The van der Waals surface area contributed by atoms with Crippen molar-refractivity contribution in [3.05, 3.63) is 60.2 Å². The molecule has 1 saturated carbocycles. The zero-order valence-corrected chi connectivity index (χ0v) is 21.4. The Balaban J connectivity index is 1.70. The molecule has 1 heterocycles. The number of nitrogens with zero attached hydrogens (tertiary/aromatic N) is 2. The molecule has 0 radical (unpaired) electrons. The molecule has 0 spiro atoms. The lowest BCUT2D eigenvalue weighted by Gasteiger charge is -2.47. The molecule has 8 heteroatoms. The van der Waals surface area contributed by atoms with Crippen LogP contribution in [0.5, 0.6) is 0 Å². The number of piperazine rings is 1. The van der Waals surface area contributed by atoms with Crippen LogP contribution in [0.15, 0.2) is 59.5 Å². The quantitative estimate of drug-likeness (QED) is 0.614. The molecule has 2 aliphatic rings. The first kappa shape index (κ1) is 25.4. The number of sulfonamides is 1. The minimum absolute atomic E-state index is 0.0300. The van der Waals surface area contributed by atoms with E-state index in [0.717, 1.165) is 54.8 Å². The molecule has 0 bridgehead atoms. The van der Waals surface area contributed by atoms with Crippen LogP contribution in [0.1, 0.15) is 57.9 Å². The Labute approximate surface area is 208 Å². The number of hydrogen-bond donors (Lipinski definition) is 1. The zero-order valence-electron chi connectivity index (χ0n) is 20.6. The topological polar surface area (TPSA) is 86.8 Å². The molecule has 0 aromatic heterocycles. The highest BCUT2D eigenvalue weighted by Crippen LogP contribution is 2.33. The molecule has 1 N–H and O–H groups in total. The van der Waals surface area contributed by atoms with Crippen molar-refractivity contribution in [2.45, 2.75) is 75.3 Å². The summed E-state index contributed by atoms with van der Waals surface area (Å²) >= 11 is 0. The van der Waals surface area contributed by atoms with Crippen LogP contribution in [0.4, 0.5) is 5.69 Å². The van der Waals surface area contributed by atoms with Crippen LogP contribution in [0.2, 0.25) is 0 Å². The highest BCUT2D eigenvalue weighted by atomic mass is 32.2. The molecule has 1 aliphatic carbocycles. The monoisotopic (exact) mass is 497 g/mol. The third kappa shape index (κ3) is 5.28. The van der Waals surface area contributed by atoms with Gasteiger partial charge in [0.1, 0.15) is 5.54 Å². The van der Waals surface area contributed by atoms with Gasteiger partial charge in [-0.15, -0.1) is 0 Å². The molecule has 7 nitrogen and oxygen atoms in total. The van der Waals surface area contributed by atoms with Crippen molar-refractivity contribution < 1.29 is 18.0 Å². The molecular weight excluding hydrogens is 462 g/mol. The summed E-state index contributed by atoms with van der Waals surface area (Å²) in [4.78, 5) is 29.0. The maximum Gasteiger partial charge on any atom is 0.247 e. The van der Waals surface area contributed by atoms with E-state index in [2.05, 4.69) is 12.2 Å². The van der Waals surface area contributed by atoms with Gasteiger partial charge in [0.05, 0.1) is 11.4 Å². The summed E-state index contributed by atoms with van der Waals surface area (Å²) in [5.74, 6) is -0.733. The van der Waals surface area contributed by atoms with Gasteiger partial charge in [0.15, 0.2) is 0 Å². The molecule has 2 aromatic rings. The van der Waals surface area contributed by atoms with Gasteiger partial charge in [0.2, 0.25) is 21.8 Å². The van der Waals surface area contributed by atoms with E-state index in [9.17, 15) is 18.0 Å². The smallest absolute Gasteiger partial charge is 0.247 e. The molecular formula is C27H35N3O4S. The number of rotatable bonds is 6. The average molecular weight is 498 g/mol. The minimum atomic E-state index is -3.95.